The Morgan fingerprint density at radius 1 is 1.00 bits per heavy atom. The summed E-state index contributed by atoms with van der Waals surface area (Å²) in [5.41, 5.74) is 3.37. The summed E-state index contributed by atoms with van der Waals surface area (Å²) >= 11 is 0. The number of benzene rings is 2. The molecule has 0 bridgehead atoms. The Kier molecular flexibility index (Phi) is 3.41. The molecular formula is C19H16F3NO. The van der Waals surface area contributed by atoms with E-state index in [0.29, 0.717) is 5.69 Å². The SMILES string of the molecule is O=C1C[C@@H](c2ccccc2C(F)(F)F)c2cc3c(cc2N1)CCC3. The third-order valence-corrected chi connectivity index (χ3v) is 4.94. The monoisotopic (exact) mass is 331 g/mol. The van der Waals surface area contributed by atoms with Gasteiger partial charge in [0, 0.05) is 18.0 Å². The van der Waals surface area contributed by atoms with Crippen LogP contribution in [0.15, 0.2) is 36.4 Å². The molecule has 1 atom stereocenters. The van der Waals surface area contributed by atoms with Crippen LogP contribution in [-0.2, 0) is 23.8 Å². The number of alkyl halides is 3. The molecule has 0 radical (unpaired) electrons. The van der Waals surface area contributed by atoms with E-state index in [1.807, 2.05) is 12.1 Å². The second kappa shape index (κ2) is 5.36. The van der Waals surface area contributed by atoms with Crippen molar-refractivity contribution in [3.8, 4) is 0 Å². The maximum absolute atomic E-state index is 13.4. The molecule has 1 aliphatic carbocycles. The fourth-order valence-corrected chi connectivity index (χ4v) is 3.87. The number of carbonyl (C=O) groups excluding carboxylic acids is 1. The van der Waals surface area contributed by atoms with E-state index >= 15 is 0 Å². The predicted molar refractivity (Wildman–Crippen MR) is 85.0 cm³/mol. The molecule has 1 N–H and O–H groups in total. The molecule has 4 rings (SSSR count). The first kappa shape index (κ1) is 15.2. The van der Waals surface area contributed by atoms with Crippen molar-refractivity contribution in [2.45, 2.75) is 37.8 Å². The highest BCUT2D eigenvalue weighted by atomic mass is 19.4. The lowest BCUT2D eigenvalue weighted by Gasteiger charge is -2.29. The quantitative estimate of drug-likeness (QED) is 0.808. The van der Waals surface area contributed by atoms with E-state index in [0.717, 1.165) is 30.9 Å². The van der Waals surface area contributed by atoms with Gasteiger partial charge in [0.1, 0.15) is 0 Å². The smallest absolute Gasteiger partial charge is 0.326 e. The van der Waals surface area contributed by atoms with Crippen molar-refractivity contribution < 1.29 is 18.0 Å². The molecule has 5 heteroatoms. The highest BCUT2D eigenvalue weighted by molar-refractivity contribution is 5.95. The number of nitrogens with one attached hydrogen (secondary N) is 1. The van der Waals surface area contributed by atoms with Gasteiger partial charge in [0.25, 0.3) is 0 Å². The second-order valence-electron chi connectivity index (χ2n) is 6.45. The highest BCUT2D eigenvalue weighted by Crippen LogP contribution is 2.44. The molecule has 2 aromatic rings. The molecule has 0 unspecified atom stereocenters. The van der Waals surface area contributed by atoms with Crippen LogP contribution in [0.3, 0.4) is 0 Å². The lowest BCUT2D eigenvalue weighted by atomic mass is 9.81. The summed E-state index contributed by atoms with van der Waals surface area (Å²) in [6, 6.07) is 9.51. The average molecular weight is 331 g/mol. The topological polar surface area (TPSA) is 29.1 Å². The van der Waals surface area contributed by atoms with Crippen molar-refractivity contribution in [2.75, 3.05) is 5.32 Å². The molecule has 0 saturated carbocycles. The molecular weight excluding hydrogens is 315 g/mol. The number of hydrogen-bond donors (Lipinski definition) is 1. The normalized spacial score (nSPS) is 19.6. The number of carbonyl (C=O) groups is 1. The van der Waals surface area contributed by atoms with Gasteiger partial charge in [0.2, 0.25) is 5.91 Å². The summed E-state index contributed by atoms with van der Waals surface area (Å²) in [5, 5.41) is 2.83. The molecule has 2 nitrogen and oxygen atoms in total. The Morgan fingerprint density at radius 3 is 2.46 bits per heavy atom. The van der Waals surface area contributed by atoms with Gasteiger partial charge in [-0.1, -0.05) is 24.3 Å². The third kappa shape index (κ3) is 2.48. The van der Waals surface area contributed by atoms with Crippen LogP contribution in [-0.4, -0.2) is 5.91 Å². The lowest BCUT2D eigenvalue weighted by Crippen LogP contribution is -2.25. The first-order chi connectivity index (χ1) is 11.4. The van der Waals surface area contributed by atoms with E-state index < -0.39 is 17.7 Å². The van der Waals surface area contributed by atoms with Gasteiger partial charge in [-0.3, -0.25) is 4.79 Å². The van der Waals surface area contributed by atoms with Gasteiger partial charge in [-0.25, -0.2) is 0 Å². The summed E-state index contributed by atoms with van der Waals surface area (Å²) in [6.07, 6.45) is -1.43. The zero-order chi connectivity index (χ0) is 16.9. The van der Waals surface area contributed by atoms with E-state index in [4.69, 9.17) is 0 Å². The minimum absolute atomic E-state index is 0.0406. The molecule has 1 amide bonds. The molecule has 24 heavy (non-hydrogen) atoms. The van der Waals surface area contributed by atoms with Crippen molar-refractivity contribution in [1.82, 2.24) is 0 Å². The van der Waals surface area contributed by atoms with Crippen LogP contribution < -0.4 is 5.32 Å². The predicted octanol–water partition coefficient (Wildman–Crippen LogP) is 4.67. The Balaban J connectivity index is 1.88. The molecule has 0 aromatic heterocycles. The molecule has 2 aromatic carbocycles. The Labute approximate surface area is 137 Å². The Bertz CT molecular complexity index is 826. The van der Waals surface area contributed by atoms with Crippen molar-refractivity contribution >= 4 is 11.6 Å². The molecule has 2 aliphatic rings. The third-order valence-electron chi connectivity index (χ3n) is 4.94. The lowest BCUT2D eigenvalue weighted by molar-refractivity contribution is -0.138. The molecule has 1 heterocycles. The van der Waals surface area contributed by atoms with Crippen LogP contribution in [0.1, 0.15) is 46.6 Å². The van der Waals surface area contributed by atoms with Gasteiger partial charge >= 0.3 is 6.18 Å². The molecule has 1 aliphatic heterocycles. The minimum atomic E-state index is -4.43. The Morgan fingerprint density at radius 2 is 1.71 bits per heavy atom. The van der Waals surface area contributed by atoms with Crippen molar-refractivity contribution in [3.63, 3.8) is 0 Å². The summed E-state index contributed by atoms with van der Waals surface area (Å²) in [6.45, 7) is 0. The van der Waals surface area contributed by atoms with Crippen LogP contribution in [0.4, 0.5) is 18.9 Å². The van der Waals surface area contributed by atoms with Gasteiger partial charge in [0.05, 0.1) is 5.56 Å². The number of anilines is 1. The fourth-order valence-electron chi connectivity index (χ4n) is 3.87. The molecule has 124 valence electrons. The first-order valence-corrected chi connectivity index (χ1v) is 8.05. The number of hydrogen-bond acceptors (Lipinski definition) is 1. The van der Waals surface area contributed by atoms with Crippen molar-refractivity contribution in [1.29, 1.82) is 0 Å². The number of rotatable bonds is 1. The maximum Gasteiger partial charge on any atom is 0.416 e. The maximum atomic E-state index is 13.4. The van der Waals surface area contributed by atoms with Gasteiger partial charge < -0.3 is 5.32 Å². The molecule has 0 spiro atoms. The van der Waals surface area contributed by atoms with E-state index in [2.05, 4.69) is 5.32 Å². The highest BCUT2D eigenvalue weighted by Gasteiger charge is 2.37. The van der Waals surface area contributed by atoms with Gasteiger partial charge in [-0.15, -0.1) is 0 Å². The summed E-state index contributed by atoms with van der Waals surface area (Å²) in [7, 11) is 0. The van der Waals surface area contributed by atoms with E-state index in [9.17, 15) is 18.0 Å². The Hall–Kier alpha value is -2.30. The number of fused-ring (bicyclic) bond motifs is 2. The zero-order valence-electron chi connectivity index (χ0n) is 12.9. The number of aryl methyl sites for hydroxylation is 2. The van der Waals surface area contributed by atoms with E-state index in [1.54, 1.807) is 6.07 Å². The summed E-state index contributed by atoms with van der Waals surface area (Å²) in [5.74, 6) is -0.792. The zero-order valence-corrected chi connectivity index (χ0v) is 12.9. The van der Waals surface area contributed by atoms with E-state index in [-0.39, 0.29) is 17.9 Å². The van der Waals surface area contributed by atoms with Crippen LogP contribution in [0.25, 0.3) is 0 Å². The van der Waals surface area contributed by atoms with Crippen LogP contribution in [0.5, 0.6) is 0 Å². The number of amides is 1. The summed E-state index contributed by atoms with van der Waals surface area (Å²) in [4.78, 5) is 12.1. The minimum Gasteiger partial charge on any atom is -0.326 e. The first-order valence-electron chi connectivity index (χ1n) is 8.05. The largest absolute Gasteiger partial charge is 0.416 e. The van der Waals surface area contributed by atoms with Crippen LogP contribution in [0.2, 0.25) is 0 Å². The van der Waals surface area contributed by atoms with Gasteiger partial charge in [0.15, 0.2) is 0 Å². The second-order valence-corrected chi connectivity index (χ2v) is 6.45. The summed E-state index contributed by atoms with van der Waals surface area (Å²) < 4.78 is 40.2. The van der Waals surface area contributed by atoms with Crippen LogP contribution >= 0.6 is 0 Å². The standard InChI is InChI=1S/C19H16F3NO/c20-19(21,22)16-7-2-1-6-13(16)14-10-18(24)23-17-9-12-5-3-4-11(12)8-15(14)17/h1-2,6-9,14H,3-5,10H2,(H,23,24)/t14-/m0/s1. The van der Waals surface area contributed by atoms with Crippen molar-refractivity contribution in [3.05, 3.63) is 64.2 Å². The van der Waals surface area contributed by atoms with Gasteiger partial charge in [-0.05, 0) is 53.6 Å². The molecule has 0 saturated heterocycles. The van der Waals surface area contributed by atoms with E-state index in [1.165, 1.54) is 23.3 Å². The van der Waals surface area contributed by atoms with Crippen molar-refractivity contribution in [2.24, 2.45) is 0 Å². The number of halogens is 3. The molecule has 0 fully saturated rings. The van der Waals surface area contributed by atoms with Crippen LogP contribution in [0, 0.1) is 0 Å². The fraction of sp³-hybridized carbons (Fsp3) is 0.316. The average Bonchev–Trinajstić information content (AvgIpc) is 2.98. The van der Waals surface area contributed by atoms with Gasteiger partial charge in [-0.2, -0.15) is 13.2 Å².